The summed E-state index contributed by atoms with van der Waals surface area (Å²) in [6, 6.07) is 4.16. The van der Waals surface area contributed by atoms with Gasteiger partial charge in [0.05, 0.1) is 0 Å². The van der Waals surface area contributed by atoms with E-state index < -0.39 is 7.22 Å². The molecular formula is C8H18SSi. The van der Waals surface area contributed by atoms with E-state index in [0.717, 1.165) is 0 Å². The maximum absolute atomic E-state index is 3.79. The average Bonchev–Trinajstić information content (AvgIpc) is 2.01. The molecule has 10 heavy (non-hydrogen) atoms. The van der Waals surface area contributed by atoms with Gasteiger partial charge in [0, 0.05) is 0 Å². The fourth-order valence-corrected chi connectivity index (χ4v) is 6.09. The van der Waals surface area contributed by atoms with E-state index in [1.165, 1.54) is 18.1 Å². The lowest BCUT2D eigenvalue weighted by molar-refractivity contribution is 1.22. The Bertz CT molecular complexity index is 89.2. The lowest BCUT2D eigenvalue weighted by Crippen LogP contribution is -2.25. The van der Waals surface area contributed by atoms with Gasteiger partial charge < -0.3 is 0 Å². The molecule has 60 valence electrons. The summed E-state index contributed by atoms with van der Waals surface area (Å²) >= 11 is 2.03. The first-order valence-electron chi connectivity index (χ1n) is 4.03. The monoisotopic (exact) mass is 174 g/mol. The summed E-state index contributed by atoms with van der Waals surface area (Å²) in [6.07, 6.45) is 0. The van der Waals surface area contributed by atoms with Gasteiger partial charge in [0.25, 0.3) is 0 Å². The predicted molar refractivity (Wildman–Crippen MR) is 55.0 cm³/mol. The van der Waals surface area contributed by atoms with E-state index in [0.29, 0.717) is 0 Å². The minimum atomic E-state index is -0.919. The average molecular weight is 174 g/mol. The molecule has 0 aromatic carbocycles. The van der Waals surface area contributed by atoms with Gasteiger partial charge in [0.2, 0.25) is 0 Å². The molecule has 0 aromatic heterocycles. The quantitative estimate of drug-likeness (QED) is 0.570. The molecule has 0 aliphatic heterocycles. The van der Waals surface area contributed by atoms with Crippen molar-refractivity contribution in [3.05, 3.63) is 12.0 Å². The number of hydrogen-bond acceptors (Lipinski definition) is 1. The first-order chi connectivity index (χ1) is 4.74. The van der Waals surface area contributed by atoms with Crippen molar-refractivity contribution >= 4 is 18.4 Å². The first-order valence-corrected chi connectivity index (χ1v) is 8.26. The second kappa shape index (κ2) is 5.02. The molecule has 0 N–H and O–H groups in total. The molecule has 0 atom stereocenters. The van der Waals surface area contributed by atoms with Crippen molar-refractivity contribution in [3.8, 4) is 0 Å². The van der Waals surface area contributed by atoms with Gasteiger partial charge in [-0.05, 0) is 5.41 Å². The Kier molecular flexibility index (Phi) is 5.18. The Labute approximate surface area is 69.8 Å². The van der Waals surface area contributed by atoms with Crippen molar-refractivity contribution in [1.29, 1.82) is 0 Å². The third-order valence-corrected chi connectivity index (χ3v) is 11.4. The number of rotatable bonds is 5. The Morgan fingerprint density at radius 1 is 1.20 bits per heavy atom. The number of hydrogen-bond donors (Lipinski definition) is 0. The standard InChI is InChI=1S/C8H18SSi/c1-5-9-10(6-2,7-3)8-4/h5H,1,6-8H2,2-4H3. The van der Waals surface area contributed by atoms with Gasteiger partial charge >= 0.3 is 0 Å². The van der Waals surface area contributed by atoms with Crippen molar-refractivity contribution in [1.82, 2.24) is 0 Å². The maximum Gasteiger partial charge on any atom is 0.122 e. The molecule has 0 heterocycles. The normalized spacial score (nSPS) is 11.5. The summed E-state index contributed by atoms with van der Waals surface area (Å²) in [6.45, 7) is 10.7. The zero-order valence-electron chi connectivity index (χ0n) is 7.31. The van der Waals surface area contributed by atoms with Crippen molar-refractivity contribution in [2.75, 3.05) is 0 Å². The van der Waals surface area contributed by atoms with Gasteiger partial charge in [-0.1, -0.05) is 45.5 Å². The van der Waals surface area contributed by atoms with Gasteiger partial charge in [-0.2, -0.15) is 11.2 Å². The molecule has 0 amide bonds. The fraction of sp³-hybridized carbons (Fsp3) is 0.750. The molecule has 2 heteroatoms. The van der Waals surface area contributed by atoms with Crippen LogP contribution in [0.25, 0.3) is 0 Å². The molecule has 0 bridgehead atoms. The maximum atomic E-state index is 3.79. The van der Waals surface area contributed by atoms with Gasteiger partial charge in [-0.3, -0.25) is 0 Å². The fourth-order valence-electron chi connectivity index (χ4n) is 1.18. The second-order valence-corrected chi connectivity index (χ2v) is 10.9. The Balaban J connectivity index is 4.00. The van der Waals surface area contributed by atoms with Crippen LogP contribution in [0.2, 0.25) is 18.1 Å². The van der Waals surface area contributed by atoms with Crippen molar-refractivity contribution < 1.29 is 0 Å². The van der Waals surface area contributed by atoms with Gasteiger partial charge in [0.15, 0.2) is 0 Å². The van der Waals surface area contributed by atoms with E-state index in [9.17, 15) is 0 Å². The molecule has 0 aliphatic rings. The highest BCUT2D eigenvalue weighted by atomic mass is 32.4. The molecule has 0 nitrogen and oxygen atoms in total. The van der Waals surface area contributed by atoms with Crippen LogP contribution in [0.5, 0.6) is 0 Å². The summed E-state index contributed by atoms with van der Waals surface area (Å²) < 4.78 is 0. The SMILES string of the molecule is C=CS[Si](CC)(CC)CC. The lowest BCUT2D eigenvalue weighted by atomic mass is 10.9. The topological polar surface area (TPSA) is 0 Å². The smallest absolute Gasteiger partial charge is 0.122 e. The summed E-state index contributed by atoms with van der Waals surface area (Å²) in [5.41, 5.74) is 0. The minimum Gasteiger partial charge on any atom is -0.159 e. The van der Waals surface area contributed by atoms with E-state index in [-0.39, 0.29) is 0 Å². The Morgan fingerprint density at radius 2 is 1.60 bits per heavy atom. The summed E-state index contributed by atoms with van der Waals surface area (Å²) in [5.74, 6) is 0. The molecular weight excluding hydrogens is 156 g/mol. The van der Waals surface area contributed by atoms with E-state index >= 15 is 0 Å². The van der Waals surface area contributed by atoms with E-state index in [2.05, 4.69) is 27.4 Å². The van der Waals surface area contributed by atoms with E-state index in [1.807, 2.05) is 16.6 Å². The molecule has 0 radical (unpaired) electrons. The largest absolute Gasteiger partial charge is 0.159 e. The van der Waals surface area contributed by atoms with Crippen molar-refractivity contribution in [2.45, 2.75) is 38.9 Å². The molecule has 0 fully saturated rings. The van der Waals surface area contributed by atoms with Crippen LogP contribution in [0.3, 0.4) is 0 Å². The third-order valence-electron chi connectivity index (χ3n) is 2.27. The van der Waals surface area contributed by atoms with Crippen LogP contribution in [0.4, 0.5) is 0 Å². The molecule has 0 unspecified atom stereocenters. The lowest BCUT2D eigenvalue weighted by Gasteiger charge is -2.24. The first kappa shape index (κ1) is 10.3. The minimum absolute atomic E-state index is 0.919. The highest BCUT2D eigenvalue weighted by molar-refractivity contribution is 8.31. The van der Waals surface area contributed by atoms with Crippen LogP contribution in [-0.4, -0.2) is 7.22 Å². The molecule has 0 aliphatic carbocycles. The molecule has 0 rings (SSSR count). The van der Waals surface area contributed by atoms with Gasteiger partial charge in [-0.25, -0.2) is 0 Å². The Hall–Kier alpha value is 0.307. The molecule has 0 saturated heterocycles. The van der Waals surface area contributed by atoms with Crippen LogP contribution in [-0.2, 0) is 0 Å². The zero-order chi connectivity index (χ0) is 8.04. The van der Waals surface area contributed by atoms with Gasteiger partial charge in [-0.15, -0.1) is 0 Å². The van der Waals surface area contributed by atoms with Crippen molar-refractivity contribution in [3.63, 3.8) is 0 Å². The Morgan fingerprint density at radius 3 is 1.70 bits per heavy atom. The van der Waals surface area contributed by atoms with Gasteiger partial charge in [0.1, 0.15) is 7.22 Å². The van der Waals surface area contributed by atoms with Crippen LogP contribution >= 0.6 is 11.2 Å². The highest BCUT2D eigenvalue weighted by Crippen LogP contribution is 2.32. The van der Waals surface area contributed by atoms with Crippen LogP contribution in [0.1, 0.15) is 20.8 Å². The third kappa shape index (κ3) is 2.50. The predicted octanol–water partition coefficient (Wildman–Crippen LogP) is 3.87. The summed E-state index contributed by atoms with van der Waals surface area (Å²) in [7, 11) is -0.919. The van der Waals surface area contributed by atoms with Crippen molar-refractivity contribution in [2.24, 2.45) is 0 Å². The van der Waals surface area contributed by atoms with Crippen LogP contribution < -0.4 is 0 Å². The summed E-state index contributed by atoms with van der Waals surface area (Å²) in [4.78, 5) is 0. The highest BCUT2D eigenvalue weighted by Gasteiger charge is 2.25. The zero-order valence-corrected chi connectivity index (χ0v) is 9.13. The van der Waals surface area contributed by atoms with E-state index in [4.69, 9.17) is 0 Å². The molecule has 0 saturated carbocycles. The van der Waals surface area contributed by atoms with Crippen LogP contribution in [0, 0.1) is 0 Å². The molecule has 0 spiro atoms. The van der Waals surface area contributed by atoms with E-state index in [1.54, 1.807) is 0 Å². The van der Waals surface area contributed by atoms with Crippen LogP contribution in [0.15, 0.2) is 12.0 Å². The summed E-state index contributed by atoms with van der Waals surface area (Å²) in [5, 5.41) is 2.03. The molecule has 0 aromatic rings. The second-order valence-electron chi connectivity index (χ2n) is 2.53.